The molecule has 1 aliphatic heterocycles. The number of hydrogen-bond acceptors (Lipinski definition) is 5. The predicted molar refractivity (Wildman–Crippen MR) is 133 cm³/mol. The van der Waals surface area contributed by atoms with E-state index in [1.54, 1.807) is 44.8 Å². The lowest BCUT2D eigenvalue weighted by molar-refractivity contribution is 0.608. The maximum atomic E-state index is 13.3. The zero-order chi connectivity index (χ0) is 20.4. The van der Waals surface area contributed by atoms with Gasteiger partial charge in [-0.2, -0.15) is 0 Å². The van der Waals surface area contributed by atoms with Crippen LogP contribution in [0.5, 0.6) is 0 Å². The molecule has 1 aliphatic rings. The van der Waals surface area contributed by atoms with E-state index in [1.807, 2.05) is 54.8 Å². The normalized spacial score (nSPS) is 20.2. The average molecular weight is 475 g/mol. The highest BCUT2D eigenvalue weighted by atomic mass is 32.2. The minimum Gasteiger partial charge on any atom is -0.607 e. The fraction of sp³-hybridized carbons (Fsp3) is 0.0909. The van der Waals surface area contributed by atoms with E-state index < -0.39 is 22.4 Å². The summed E-state index contributed by atoms with van der Waals surface area (Å²) >= 11 is 2.22. The van der Waals surface area contributed by atoms with E-state index in [-0.39, 0.29) is 0 Å². The molecule has 0 saturated carbocycles. The Bertz CT molecular complexity index is 1110. The molecule has 0 fully saturated rings. The van der Waals surface area contributed by atoms with Crippen LogP contribution in [0, 0.1) is 0 Å². The molecule has 3 aromatic rings. The molecule has 7 heteroatoms. The minimum atomic E-state index is -1.36. The Morgan fingerprint density at radius 3 is 2.28 bits per heavy atom. The Hall–Kier alpha value is -1.32. The van der Waals surface area contributed by atoms with Crippen molar-refractivity contribution >= 4 is 71.7 Å². The van der Waals surface area contributed by atoms with Crippen molar-refractivity contribution in [2.45, 2.75) is 13.8 Å². The monoisotopic (exact) mass is 474 g/mol. The Balaban J connectivity index is 1.62. The van der Waals surface area contributed by atoms with Gasteiger partial charge in [-0.3, -0.25) is 0 Å². The van der Waals surface area contributed by atoms with E-state index in [0.717, 1.165) is 25.1 Å². The van der Waals surface area contributed by atoms with Gasteiger partial charge < -0.3 is 9.11 Å². The fourth-order valence-corrected chi connectivity index (χ4v) is 9.03. The molecule has 148 valence electrons. The Morgan fingerprint density at radius 2 is 1.59 bits per heavy atom. The molecule has 0 saturated heterocycles. The molecule has 0 aliphatic carbocycles. The van der Waals surface area contributed by atoms with Crippen molar-refractivity contribution in [2.24, 2.45) is 0 Å². The molecule has 29 heavy (non-hydrogen) atoms. The lowest BCUT2D eigenvalue weighted by Gasteiger charge is -2.17. The van der Waals surface area contributed by atoms with Crippen LogP contribution in [0.2, 0.25) is 0 Å². The summed E-state index contributed by atoms with van der Waals surface area (Å²) in [6.07, 6.45) is 6.05. The van der Waals surface area contributed by atoms with E-state index in [9.17, 15) is 9.11 Å². The van der Waals surface area contributed by atoms with E-state index in [2.05, 4.69) is 19.1 Å². The lowest BCUT2D eigenvalue weighted by Crippen LogP contribution is -2.12. The molecule has 2 atom stereocenters. The largest absolute Gasteiger partial charge is 0.607 e. The SMILES string of the molecule is C/C=C\C=C(/C)c1ccc(C2=C[S+]([O-])C=C(c3ccc(-c4cccs4)s3)[S+]2[O-])s1. The third kappa shape index (κ3) is 4.56. The Labute approximate surface area is 189 Å². The third-order valence-electron chi connectivity index (χ3n) is 4.23. The van der Waals surface area contributed by atoms with Gasteiger partial charge in [-0.1, -0.05) is 24.3 Å². The summed E-state index contributed by atoms with van der Waals surface area (Å²) in [5.41, 5.74) is 1.15. The molecule has 3 aromatic heterocycles. The van der Waals surface area contributed by atoms with Gasteiger partial charge in [0.1, 0.15) is 0 Å². The van der Waals surface area contributed by atoms with Crippen LogP contribution >= 0.6 is 34.0 Å². The van der Waals surface area contributed by atoms with Crippen molar-refractivity contribution in [1.29, 1.82) is 0 Å². The Kier molecular flexibility index (Phi) is 6.66. The highest BCUT2D eigenvalue weighted by Gasteiger charge is 2.35. The summed E-state index contributed by atoms with van der Waals surface area (Å²) in [5.74, 6) is 0. The predicted octanol–water partition coefficient (Wildman–Crippen LogP) is 7.33. The van der Waals surface area contributed by atoms with E-state index in [4.69, 9.17) is 0 Å². The summed E-state index contributed by atoms with van der Waals surface area (Å²) in [6, 6.07) is 12.1. The van der Waals surface area contributed by atoms with Gasteiger partial charge in [0, 0.05) is 37.0 Å². The van der Waals surface area contributed by atoms with E-state index in [1.165, 1.54) is 4.88 Å². The number of allylic oxidation sites excluding steroid dienone is 4. The van der Waals surface area contributed by atoms with Crippen LogP contribution < -0.4 is 0 Å². The smallest absolute Gasteiger partial charge is 0.223 e. The molecule has 0 amide bonds. The zero-order valence-electron chi connectivity index (χ0n) is 15.8. The van der Waals surface area contributed by atoms with Gasteiger partial charge in [0.25, 0.3) is 0 Å². The second-order valence-electron chi connectivity index (χ2n) is 6.24. The van der Waals surface area contributed by atoms with Gasteiger partial charge in [-0.15, -0.1) is 34.0 Å². The molecule has 0 spiro atoms. The summed E-state index contributed by atoms with van der Waals surface area (Å²) in [5, 5.41) is 5.28. The van der Waals surface area contributed by atoms with E-state index >= 15 is 0 Å². The van der Waals surface area contributed by atoms with Gasteiger partial charge in [-0.05, 0) is 55.1 Å². The first-order valence-electron chi connectivity index (χ1n) is 8.86. The second-order valence-corrected chi connectivity index (χ2v) is 11.9. The summed E-state index contributed by atoms with van der Waals surface area (Å²) in [6.45, 7) is 4.04. The maximum Gasteiger partial charge on any atom is 0.223 e. The number of rotatable bonds is 5. The highest BCUT2D eigenvalue weighted by molar-refractivity contribution is 8.13. The molecular formula is C22H18O2S5. The van der Waals surface area contributed by atoms with Gasteiger partial charge >= 0.3 is 0 Å². The zero-order valence-corrected chi connectivity index (χ0v) is 19.9. The van der Waals surface area contributed by atoms with Crippen molar-refractivity contribution in [1.82, 2.24) is 0 Å². The van der Waals surface area contributed by atoms with Crippen LogP contribution in [0.15, 0.2) is 70.8 Å². The fourth-order valence-electron chi connectivity index (χ4n) is 2.78. The summed E-state index contributed by atoms with van der Waals surface area (Å²) in [7, 11) is 0. The first-order valence-corrected chi connectivity index (χ1v) is 13.8. The first-order chi connectivity index (χ1) is 14.1. The van der Waals surface area contributed by atoms with Crippen LogP contribution in [-0.2, 0) is 22.4 Å². The summed E-state index contributed by atoms with van der Waals surface area (Å²) in [4.78, 5) is 6.54. The van der Waals surface area contributed by atoms with Crippen LogP contribution in [0.1, 0.15) is 28.5 Å². The van der Waals surface area contributed by atoms with Crippen LogP contribution in [0.25, 0.3) is 25.1 Å². The second kappa shape index (κ2) is 9.22. The molecule has 0 bridgehead atoms. The topological polar surface area (TPSA) is 46.1 Å². The van der Waals surface area contributed by atoms with Gasteiger partial charge in [0.05, 0.1) is 9.75 Å². The van der Waals surface area contributed by atoms with Gasteiger partial charge in [0.2, 0.25) is 9.81 Å². The number of hydrogen-bond donors (Lipinski definition) is 0. The summed E-state index contributed by atoms with van der Waals surface area (Å²) < 4.78 is 25.9. The average Bonchev–Trinajstić information content (AvgIpc) is 3.48. The van der Waals surface area contributed by atoms with Crippen LogP contribution in [0.4, 0.5) is 0 Å². The van der Waals surface area contributed by atoms with Crippen molar-refractivity contribution in [2.75, 3.05) is 0 Å². The maximum absolute atomic E-state index is 13.3. The van der Waals surface area contributed by atoms with Crippen LogP contribution in [0.3, 0.4) is 0 Å². The van der Waals surface area contributed by atoms with Crippen molar-refractivity contribution in [3.8, 4) is 9.75 Å². The minimum absolute atomic E-state index is 0.641. The molecule has 2 unspecified atom stereocenters. The molecule has 4 heterocycles. The molecule has 0 radical (unpaired) electrons. The van der Waals surface area contributed by atoms with Crippen molar-refractivity contribution in [3.63, 3.8) is 0 Å². The first kappa shape index (κ1) is 20.9. The Morgan fingerprint density at radius 1 is 0.897 bits per heavy atom. The molecule has 0 aromatic carbocycles. The highest BCUT2D eigenvalue weighted by Crippen LogP contribution is 2.44. The third-order valence-corrected chi connectivity index (χ3v) is 10.6. The standard InChI is InChI=1S/C22H18O2S5/c1-3-4-6-15(2)16-8-10-19(26-16)21-13-28(23)14-22(29(21)24)20-11-9-18(27-20)17-7-5-12-25-17/h3-14H,1-2H3/b4-3-,15-6+. The van der Waals surface area contributed by atoms with E-state index in [0.29, 0.717) is 9.81 Å². The van der Waals surface area contributed by atoms with Gasteiger partial charge in [-0.25, -0.2) is 0 Å². The van der Waals surface area contributed by atoms with Gasteiger partial charge in [0.15, 0.2) is 10.8 Å². The molecule has 4 rings (SSSR count). The molecule has 0 N–H and O–H groups in total. The quantitative estimate of drug-likeness (QED) is 0.287. The molecular weight excluding hydrogens is 457 g/mol. The van der Waals surface area contributed by atoms with Crippen molar-refractivity contribution < 1.29 is 9.11 Å². The number of thiophene rings is 3. The lowest BCUT2D eigenvalue weighted by atomic mass is 10.2. The van der Waals surface area contributed by atoms with Crippen LogP contribution in [-0.4, -0.2) is 9.11 Å². The molecule has 2 nitrogen and oxygen atoms in total. The van der Waals surface area contributed by atoms with Crippen molar-refractivity contribution in [3.05, 3.63) is 85.5 Å².